The van der Waals surface area contributed by atoms with Crippen molar-refractivity contribution in [1.29, 1.82) is 0 Å². The summed E-state index contributed by atoms with van der Waals surface area (Å²) in [4.78, 5) is 34.2. The fraction of sp³-hybridized carbons (Fsp3) is 0.333. The Labute approximate surface area is 114 Å². The molecule has 0 aliphatic carbocycles. The van der Waals surface area contributed by atoms with E-state index in [9.17, 15) is 19.7 Å². The smallest absolute Gasteiger partial charge is 0.321 e. The van der Waals surface area contributed by atoms with Crippen molar-refractivity contribution in [2.75, 3.05) is 12.3 Å². The number of imide groups is 1. The Bertz CT molecular complexity index is 587. The molecule has 1 saturated heterocycles. The van der Waals surface area contributed by atoms with Crippen LogP contribution in [0.1, 0.15) is 12.0 Å². The van der Waals surface area contributed by atoms with Crippen LogP contribution in [-0.2, 0) is 11.2 Å². The van der Waals surface area contributed by atoms with Gasteiger partial charge in [0.2, 0.25) is 5.91 Å². The van der Waals surface area contributed by atoms with E-state index >= 15 is 0 Å². The number of nitrogens with zero attached hydrogens (tertiary/aromatic N) is 2. The lowest BCUT2D eigenvalue weighted by molar-refractivity contribution is -0.384. The van der Waals surface area contributed by atoms with Crippen molar-refractivity contribution in [1.82, 2.24) is 4.90 Å². The molecule has 1 aliphatic rings. The number of nitro benzene ring substituents is 1. The van der Waals surface area contributed by atoms with Gasteiger partial charge >= 0.3 is 6.03 Å². The molecule has 3 amide bonds. The predicted molar refractivity (Wildman–Crippen MR) is 70.6 cm³/mol. The van der Waals surface area contributed by atoms with Gasteiger partial charge in [0.25, 0.3) is 5.69 Å². The lowest BCUT2D eigenvalue weighted by Gasteiger charge is -2.11. The molecular weight excluding hydrogens is 264 g/mol. The quantitative estimate of drug-likeness (QED) is 0.475. The fourth-order valence-electron chi connectivity index (χ4n) is 2.31. The van der Waals surface area contributed by atoms with Crippen molar-refractivity contribution < 1.29 is 14.5 Å². The monoisotopic (exact) mass is 278 g/mol. The molecule has 1 aliphatic heterocycles. The minimum Gasteiger partial charge on any atom is -0.393 e. The first kappa shape index (κ1) is 13.8. The average Bonchev–Trinajstić information content (AvgIpc) is 2.73. The highest BCUT2D eigenvalue weighted by molar-refractivity contribution is 5.96. The maximum absolute atomic E-state index is 11.9. The van der Waals surface area contributed by atoms with Gasteiger partial charge in [-0.1, -0.05) is 6.07 Å². The number of amides is 3. The highest BCUT2D eigenvalue weighted by Gasteiger charge is 2.34. The molecule has 0 saturated carbocycles. The zero-order valence-corrected chi connectivity index (χ0v) is 10.6. The molecule has 0 bridgehead atoms. The van der Waals surface area contributed by atoms with Gasteiger partial charge in [-0.15, -0.1) is 0 Å². The number of nitro groups is 1. The molecule has 106 valence electrons. The number of nitrogen functional groups attached to an aromatic ring is 1. The van der Waals surface area contributed by atoms with Gasteiger partial charge in [-0.3, -0.25) is 19.8 Å². The Morgan fingerprint density at radius 1 is 1.50 bits per heavy atom. The van der Waals surface area contributed by atoms with E-state index in [1.54, 1.807) is 6.07 Å². The summed E-state index contributed by atoms with van der Waals surface area (Å²) in [5.41, 5.74) is 11.1. The Morgan fingerprint density at radius 3 is 2.75 bits per heavy atom. The van der Waals surface area contributed by atoms with E-state index in [2.05, 4.69) is 0 Å². The van der Waals surface area contributed by atoms with Crippen LogP contribution < -0.4 is 11.5 Å². The van der Waals surface area contributed by atoms with Crippen LogP contribution in [0.3, 0.4) is 0 Å². The number of benzene rings is 1. The number of carbonyl (C=O) groups is 2. The summed E-state index contributed by atoms with van der Waals surface area (Å²) in [7, 11) is 0. The van der Waals surface area contributed by atoms with Gasteiger partial charge in [-0.2, -0.15) is 0 Å². The van der Waals surface area contributed by atoms with Crippen LogP contribution in [0, 0.1) is 16.0 Å². The van der Waals surface area contributed by atoms with E-state index in [-0.39, 0.29) is 29.7 Å². The van der Waals surface area contributed by atoms with Gasteiger partial charge in [0.15, 0.2) is 0 Å². The Balaban J connectivity index is 2.15. The highest BCUT2D eigenvalue weighted by atomic mass is 16.6. The summed E-state index contributed by atoms with van der Waals surface area (Å²) in [5.74, 6) is -0.720. The van der Waals surface area contributed by atoms with Crippen LogP contribution in [0.15, 0.2) is 18.2 Å². The number of hydrogen-bond donors (Lipinski definition) is 2. The zero-order valence-electron chi connectivity index (χ0n) is 10.6. The molecule has 2 rings (SSSR count). The van der Waals surface area contributed by atoms with Crippen LogP contribution in [0.2, 0.25) is 0 Å². The summed E-state index contributed by atoms with van der Waals surface area (Å²) in [6.07, 6.45) is 0.823. The van der Waals surface area contributed by atoms with Gasteiger partial charge in [-0.25, -0.2) is 4.79 Å². The van der Waals surface area contributed by atoms with Gasteiger partial charge in [0.05, 0.1) is 4.92 Å². The molecule has 1 unspecified atom stereocenters. The second kappa shape index (κ2) is 5.16. The van der Waals surface area contributed by atoms with E-state index in [1.165, 1.54) is 12.1 Å². The van der Waals surface area contributed by atoms with Crippen molar-refractivity contribution in [2.45, 2.75) is 12.8 Å². The number of rotatable bonds is 3. The van der Waals surface area contributed by atoms with Crippen LogP contribution in [0.4, 0.5) is 16.2 Å². The molecule has 8 heteroatoms. The molecule has 8 nitrogen and oxygen atoms in total. The maximum atomic E-state index is 11.9. The normalized spacial score (nSPS) is 18.3. The third kappa shape index (κ3) is 2.53. The molecule has 4 N–H and O–H groups in total. The van der Waals surface area contributed by atoms with Crippen molar-refractivity contribution in [3.8, 4) is 0 Å². The summed E-state index contributed by atoms with van der Waals surface area (Å²) >= 11 is 0. The molecule has 1 fully saturated rings. The van der Waals surface area contributed by atoms with Gasteiger partial charge in [0, 0.05) is 18.5 Å². The number of hydrogen-bond acceptors (Lipinski definition) is 5. The molecule has 0 spiro atoms. The minimum absolute atomic E-state index is 0.0789. The Morgan fingerprint density at radius 2 is 2.20 bits per heavy atom. The van der Waals surface area contributed by atoms with E-state index in [1.807, 2.05) is 0 Å². The second-order valence-electron chi connectivity index (χ2n) is 4.67. The first-order valence-corrected chi connectivity index (χ1v) is 6.03. The molecule has 0 aromatic heterocycles. The summed E-state index contributed by atoms with van der Waals surface area (Å²) in [6, 6.07) is 3.68. The Kier molecular flexibility index (Phi) is 3.55. The van der Waals surface area contributed by atoms with Crippen LogP contribution in [-0.4, -0.2) is 28.3 Å². The summed E-state index contributed by atoms with van der Waals surface area (Å²) in [6.45, 7) is 0.288. The van der Waals surface area contributed by atoms with Gasteiger partial charge in [-0.05, 0) is 24.5 Å². The third-order valence-corrected chi connectivity index (χ3v) is 3.36. The molecule has 1 aromatic carbocycles. The molecule has 0 radical (unpaired) electrons. The van der Waals surface area contributed by atoms with E-state index in [0.29, 0.717) is 18.4 Å². The van der Waals surface area contributed by atoms with Gasteiger partial charge < -0.3 is 11.5 Å². The number of anilines is 1. The van der Waals surface area contributed by atoms with Crippen molar-refractivity contribution in [3.63, 3.8) is 0 Å². The molecule has 1 atom stereocenters. The van der Waals surface area contributed by atoms with Gasteiger partial charge in [0.1, 0.15) is 5.69 Å². The van der Waals surface area contributed by atoms with Crippen LogP contribution in [0.5, 0.6) is 0 Å². The molecule has 20 heavy (non-hydrogen) atoms. The van der Waals surface area contributed by atoms with E-state index < -0.39 is 11.0 Å². The largest absolute Gasteiger partial charge is 0.393 e. The first-order chi connectivity index (χ1) is 9.40. The first-order valence-electron chi connectivity index (χ1n) is 6.03. The maximum Gasteiger partial charge on any atom is 0.321 e. The Hall–Kier alpha value is -2.64. The third-order valence-electron chi connectivity index (χ3n) is 3.36. The lowest BCUT2D eigenvalue weighted by Crippen LogP contribution is -2.38. The molecule has 1 aromatic rings. The summed E-state index contributed by atoms with van der Waals surface area (Å²) in [5, 5.41) is 10.8. The number of carbonyl (C=O) groups excluding carboxylic acids is 2. The SMILES string of the molecule is NC(=O)N1CCC(Cc2ccc(N)c([N+](=O)[O-])c2)C1=O. The number of nitrogens with two attached hydrogens (primary N) is 2. The number of likely N-dealkylation sites (tertiary alicyclic amines) is 1. The number of primary amides is 1. The van der Waals surface area contributed by atoms with E-state index in [0.717, 1.165) is 4.90 Å². The fourth-order valence-corrected chi connectivity index (χ4v) is 2.31. The van der Waals surface area contributed by atoms with Crippen LogP contribution >= 0.6 is 0 Å². The zero-order chi connectivity index (χ0) is 14.9. The predicted octanol–water partition coefficient (Wildman–Crippen LogP) is 0.647. The lowest BCUT2D eigenvalue weighted by atomic mass is 9.97. The minimum atomic E-state index is -0.763. The summed E-state index contributed by atoms with van der Waals surface area (Å²) < 4.78 is 0. The van der Waals surface area contributed by atoms with Crippen LogP contribution in [0.25, 0.3) is 0 Å². The van der Waals surface area contributed by atoms with E-state index in [4.69, 9.17) is 11.5 Å². The topological polar surface area (TPSA) is 133 Å². The second-order valence-corrected chi connectivity index (χ2v) is 4.67. The highest BCUT2D eigenvalue weighted by Crippen LogP contribution is 2.27. The standard InChI is InChI=1S/C12H14N4O4/c13-9-2-1-7(6-10(9)16(19)20)5-8-3-4-15(11(8)17)12(14)18/h1-2,6,8H,3-5,13H2,(H2,14,18). The number of urea groups is 1. The molecular formula is C12H14N4O4. The average molecular weight is 278 g/mol. The van der Waals surface area contributed by atoms with Crippen molar-refractivity contribution in [2.24, 2.45) is 11.7 Å². The molecule has 1 heterocycles. The van der Waals surface area contributed by atoms with Crippen molar-refractivity contribution >= 4 is 23.3 Å². The van der Waals surface area contributed by atoms with Crippen molar-refractivity contribution in [3.05, 3.63) is 33.9 Å².